The Balaban J connectivity index is 1.20. The first-order chi connectivity index (χ1) is 16.1. The first-order valence-electron chi connectivity index (χ1n) is 11.8. The highest BCUT2D eigenvalue weighted by molar-refractivity contribution is 5.92. The zero-order valence-electron chi connectivity index (χ0n) is 19.4. The Morgan fingerprint density at radius 1 is 0.879 bits per heavy atom. The number of amides is 2. The minimum atomic E-state index is 0.0249. The van der Waals surface area contributed by atoms with E-state index in [4.69, 9.17) is 4.74 Å². The van der Waals surface area contributed by atoms with E-state index in [-0.39, 0.29) is 17.7 Å². The highest BCUT2D eigenvalue weighted by Gasteiger charge is 2.31. The molecular weight excluding hydrogens is 414 g/mol. The van der Waals surface area contributed by atoms with Crippen LogP contribution >= 0.6 is 0 Å². The molecule has 2 saturated heterocycles. The van der Waals surface area contributed by atoms with E-state index < -0.39 is 0 Å². The molecule has 0 aromatic heterocycles. The van der Waals surface area contributed by atoms with E-state index in [9.17, 15) is 9.59 Å². The first-order valence-corrected chi connectivity index (χ1v) is 11.8. The molecule has 33 heavy (non-hydrogen) atoms. The van der Waals surface area contributed by atoms with Gasteiger partial charge in [0.15, 0.2) is 0 Å². The van der Waals surface area contributed by atoms with Gasteiger partial charge in [0.1, 0.15) is 5.75 Å². The van der Waals surface area contributed by atoms with Gasteiger partial charge in [0.05, 0.1) is 7.11 Å². The monoisotopic (exact) mass is 447 g/mol. The van der Waals surface area contributed by atoms with Crippen molar-refractivity contribution in [3.05, 3.63) is 71.8 Å². The van der Waals surface area contributed by atoms with Crippen LogP contribution < -0.4 is 4.74 Å². The maximum atomic E-state index is 13.1. The van der Waals surface area contributed by atoms with Gasteiger partial charge in [-0.2, -0.15) is 0 Å². The highest BCUT2D eigenvalue weighted by atomic mass is 16.5. The number of piperazine rings is 1. The summed E-state index contributed by atoms with van der Waals surface area (Å²) in [5, 5.41) is 0. The Morgan fingerprint density at radius 3 is 2.18 bits per heavy atom. The van der Waals surface area contributed by atoms with Crippen LogP contribution in [0.1, 0.15) is 24.0 Å². The van der Waals surface area contributed by atoms with Crippen LogP contribution in [-0.4, -0.2) is 72.9 Å². The summed E-state index contributed by atoms with van der Waals surface area (Å²) >= 11 is 0. The second-order valence-corrected chi connectivity index (χ2v) is 8.79. The molecule has 0 aliphatic carbocycles. The number of rotatable bonds is 6. The fourth-order valence-corrected chi connectivity index (χ4v) is 4.56. The maximum absolute atomic E-state index is 13.1. The summed E-state index contributed by atoms with van der Waals surface area (Å²) in [6, 6.07) is 18.0. The Labute approximate surface area is 196 Å². The van der Waals surface area contributed by atoms with E-state index >= 15 is 0 Å². The molecule has 0 N–H and O–H groups in total. The lowest BCUT2D eigenvalue weighted by Crippen LogP contribution is -2.51. The topological polar surface area (TPSA) is 53.1 Å². The fourth-order valence-electron chi connectivity index (χ4n) is 4.56. The van der Waals surface area contributed by atoms with Crippen molar-refractivity contribution in [1.29, 1.82) is 0 Å². The molecule has 0 unspecified atom stereocenters. The number of benzene rings is 2. The molecule has 2 aromatic carbocycles. The number of carbonyl (C=O) groups excluding carboxylic acids is 2. The van der Waals surface area contributed by atoms with Gasteiger partial charge in [0.2, 0.25) is 11.8 Å². The van der Waals surface area contributed by atoms with Crippen LogP contribution in [-0.2, 0) is 16.1 Å². The molecule has 6 nitrogen and oxygen atoms in total. The van der Waals surface area contributed by atoms with Crippen LogP contribution in [0.15, 0.2) is 60.7 Å². The summed E-state index contributed by atoms with van der Waals surface area (Å²) in [4.78, 5) is 31.8. The average Bonchev–Trinajstić information content (AvgIpc) is 2.88. The van der Waals surface area contributed by atoms with E-state index in [0.717, 1.165) is 56.9 Å². The number of nitrogens with zero attached hydrogens (tertiary/aromatic N) is 3. The molecule has 0 atom stereocenters. The number of hydrogen-bond donors (Lipinski definition) is 0. The third-order valence-electron chi connectivity index (χ3n) is 6.62. The van der Waals surface area contributed by atoms with Crippen molar-refractivity contribution in [3.8, 4) is 5.75 Å². The Hall–Kier alpha value is -3.12. The fraction of sp³-hybridized carbons (Fsp3) is 0.407. The minimum absolute atomic E-state index is 0.0249. The molecule has 0 saturated carbocycles. The number of ether oxygens (including phenoxy) is 1. The molecule has 2 fully saturated rings. The van der Waals surface area contributed by atoms with E-state index in [0.29, 0.717) is 13.1 Å². The lowest BCUT2D eigenvalue weighted by atomic mass is 9.95. The molecule has 0 bridgehead atoms. The molecule has 2 aliphatic rings. The predicted molar refractivity (Wildman–Crippen MR) is 130 cm³/mol. The standard InChI is InChI=1S/C27H33N3O3/c1-33-25-10-7-23(8-11-25)21-28-17-19-30(20-18-28)27(32)24-13-15-29(16-14-24)26(31)12-9-22-5-3-2-4-6-22/h2-12,24H,13-21H2,1H3/b12-9+. The molecule has 4 rings (SSSR count). The number of carbonyl (C=O) groups is 2. The van der Waals surface area contributed by atoms with Crippen molar-refractivity contribution < 1.29 is 14.3 Å². The Morgan fingerprint density at radius 2 is 1.55 bits per heavy atom. The van der Waals surface area contributed by atoms with Crippen LogP contribution in [0.3, 0.4) is 0 Å². The third kappa shape index (κ3) is 6.23. The van der Waals surface area contributed by atoms with Crippen LogP contribution in [0.25, 0.3) is 6.08 Å². The van der Waals surface area contributed by atoms with Gasteiger partial charge in [0.25, 0.3) is 0 Å². The third-order valence-corrected chi connectivity index (χ3v) is 6.62. The Bertz CT molecular complexity index is 942. The van der Waals surface area contributed by atoms with Gasteiger partial charge in [0, 0.05) is 57.8 Å². The largest absolute Gasteiger partial charge is 0.497 e. The molecule has 0 radical (unpaired) electrons. The zero-order valence-corrected chi connectivity index (χ0v) is 19.4. The minimum Gasteiger partial charge on any atom is -0.497 e. The lowest BCUT2D eigenvalue weighted by molar-refractivity contribution is -0.141. The zero-order chi connectivity index (χ0) is 23.0. The van der Waals surface area contributed by atoms with Crippen molar-refractivity contribution in [1.82, 2.24) is 14.7 Å². The molecule has 0 spiro atoms. The number of piperidine rings is 1. The average molecular weight is 448 g/mol. The number of hydrogen-bond acceptors (Lipinski definition) is 4. The van der Waals surface area contributed by atoms with Crippen molar-refractivity contribution in [2.24, 2.45) is 5.92 Å². The summed E-state index contributed by atoms with van der Waals surface area (Å²) in [5.41, 5.74) is 2.27. The molecule has 174 valence electrons. The number of likely N-dealkylation sites (tertiary alicyclic amines) is 1. The van der Waals surface area contributed by atoms with Crippen LogP contribution in [0.2, 0.25) is 0 Å². The van der Waals surface area contributed by atoms with Gasteiger partial charge in [-0.15, -0.1) is 0 Å². The highest BCUT2D eigenvalue weighted by Crippen LogP contribution is 2.22. The summed E-state index contributed by atoms with van der Waals surface area (Å²) in [7, 11) is 1.68. The van der Waals surface area contributed by atoms with Gasteiger partial charge >= 0.3 is 0 Å². The van der Waals surface area contributed by atoms with Gasteiger partial charge in [-0.3, -0.25) is 14.5 Å². The van der Waals surface area contributed by atoms with E-state index in [1.807, 2.05) is 58.3 Å². The van der Waals surface area contributed by atoms with E-state index in [2.05, 4.69) is 17.0 Å². The Kier molecular flexibility index (Phi) is 7.79. The summed E-state index contributed by atoms with van der Waals surface area (Å²) in [6.45, 7) is 5.50. The normalized spacial score (nSPS) is 18.0. The molecule has 2 heterocycles. The predicted octanol–water partition coefficient (Wildman–Crippen LogP) is 3.29. The first kappa shape index (κ1) is 23.1. The molecule has 6 heteroatoms. The van der Waals surface area contributed by atoms with Gasteiger partial charge in [-0.1, -0.05) is 42.5 Å². The van der Waals surface area contributed by atoms with Crippen LogP contribution in [0.4, 0.5) is 0 Å². The summed E-state index contributed by atoms with van der Waals surface area (Å²) in [5.74, 6) is 1.18. The van der Waals surface area contributed by atoms with Gasteiger partial charge < -0.3 is 14.5 Å². The second-order valence-electron chi connectivity index (χ2n) is 8.79. The quantitative estimate of drug-likeness (QED) is 0.638. The van der Waals surface area contributed by atoms with Crippen molar-refractivity contribution in [2.45, 2.75) is 19.4 Å². The summed E-state index contributed by atoms with van der Waals surface area (Å²) < 4.78 is 5.22. The summed E-state index contributed by atoms with van der Waals surface area (Å²) in [6.07, 6.45) is 4.98. The van der Waals surface area contributed by atoms with Crippen LogP contribution in [0, 0.1) is 5.92 Å². The SMILES string of the molecule is COc1ccc(CN2CCN(C(=O)C3CCN(C(=O)/C=C/c4ccccc4)CC3)CC2)cc1. The van der Waals surface area contributed by atoms with E-state index in [1.54, 1.807) is 13.2 Å². The smallest absolute Gasteiger partial charge is 0.246 e. The molecule has 2 aliphatic heterocycles. The van der Waals surface area contributed by atoms with Crippen LogP contribution in [0.5, 0.6) is 5.75 Å². The van der Waals surface area contributed by atoms with Crippen molar-refractivity contribution in [2.75, 3.05) is 46.4 Å². The van der Waals surface area contributed by atoms with Gasteiger partial charge in [-0.25, -0.2) is 0 Å². The molecule has 2 aromatic rings. The van der Waals surface area contributed by atoms with Gasteiger partial charge in [-0.05, 0) is 42.2 Å². The maximum Gasteiger partial charge on any atom is 0.246 e. The van der Waals surface area contributed by atoms with E-state index in [1.165, 1.54) is 5.56 Å². The van der Waals surface area contributed by atoms with Crippen molar-refractivity contribution >= 4 is 17.9 Å². The molecular formula is C27H33N3O3. The second kappa shape index (κ2) is 11.1. The van der Waals surface area contributed by atoms with Crippen molar-refractivity contribution in [3.63, 3.8) is 0 Å². The number of methoxy groups -OCH3 is 1. The molecule has 2 amide bonds. The lowest BCUT2D eigenvalue weighted by Gasteiger charge is -2.38.